The lowest BCUT2D eigenvalue weighted by Gasteiger charge is -2.22. The summed E-state index contributed by atoms with van der Waals surface area (Å²) in [6.45, 7) is 9.33. The molecule has 0 bridgehead atoms. The normalized spacial score (nSPS) is 14.5. The Morgan fingerprint density at radius 1 is 0.431 bits per heavy atom. The lowest BCUT2D eigenvalue weighted by Crippen LogP contribution is -2.15. The lowest BCUT2D eigenvalue weighted by molar-refractivity contribution is 0.661. The minimum atomic E-state index is -0.180. The van der Waals surface area contributed by atoms with Crippen LogP contribution in [0.1, 0.15) is 55.5 Å². The summed E-state index contributed by atoms with van der Waals surface area (Å²) >= 11 is 0. The van der Waals surface area contributed by atoms with Crippen molar-refractivity contribution in [3.63, 3.8) is 0 Å². The van der Waals surface area contributed by atoms with Crippen LogP contribution in [0.15, 0.2) is 158 Å². The van der Waals surface area contributed by atoms with Crippen molar-refractivity contribution >= 4 is 43.6 Å². The van der Waals surface area contributed by atoms with Crippen molar-refractivity contribution in [2.75, 3.05) is 0 Å². The topological polar surface area (TPSA) is 46.5 Å². The van der Waals surface area contributed by atoms with Crippen LogP contribution in [0, 0.1) is 11.3 Å². The van der Waals surface area contributed by atoms with Gasteiger partial charge in [0.15, 0.2) is 0 Å². The number of hydrogen-bond donors (Lipinski definition) is 0. The largest absolute Gasteiger partial charge is 0.308 e. The molecule has 58 heavy (non-hydrogen) atoms. The molecular formula is C54H38N4. The number of nitrogens with zero attached hydrogens (tertiary/aromatic N) is 4. The highest BCUT2D eigenvalue weighted by Crippen LogP contribution is 2.53. The van der Waals surface area contributed by atoms with Gasteiger partial charge in [0.25, 0.3) is 0 Å². The van der Waals surface area contributed by atoms with E-state index in [0.29, 0.717) is 5.56 Å². The van der Waals surface area contributed by atoms with Gasteiger partial charge in [-0.1, -0.05) is 113 Å². The molecule has 4 nitrogen and oxygen atoms in total. The Morgan fingerprint density at radius 3 is 1.36 bits per heavy atom. The highest BCUT2D eigenvalue weighted by Gasteiger charge is 2.38. The summed E-state index contributed by atoms with van der Waals surface area (Å²) in [5, 5.41) is 16.3. The highest BCUT2D eigenvalue weighted by molar-refractivity contribution is 6.14. The summed E-state index contributed by atoms with van der Waals surface area (Å²) < 4.78 is 4.70. The van der Waals surface area contributed by atoms with Gasteiger partial charge in [0.05, 0.1) is 33.4 Å². The molecule has 0 unspecified atom stereocenters. The number of aromatic nitrogens is 3. The number of fused-ring (bicyclic) bond motifs is 12. The van der Waals surface area contributed by atoms with E-state index in [0.717, 1.165) is 55.3 Å². The van der Waals surface area contributed by atoms with Gasteiger partial charge >= 0.3 is 0 Å². The van der Waals surface area contributed by atoms with Crippen LogP contribution in [0.5, 0.6) is 0 Å². The van der Waals surface area contributed by atoms with E-state index in [2.05, 4.69) is 193 Å². The van der Waals surface area contributed by atoms with Gasteiger partial charge in [-0.25, -0.2) is 0 Å². The average Bonchev–Trinajstić information content (AvgIpc) is 3.90. The molecule has 12 rings (SSSR count). The monoisotopic (exact) mass is 742 g/mol. The molecule has 2 aliphatic carbocycles. The van der Waals surface area contributed by atoms with Crippen molar-refractivity contribution in [2.45, 2.75) is 38.5 Å². The number of pyridine rings is 1. The zero-order valence-corrected chi connectivity index (χ0v) is 32.8. The Morgan fingerprint density at radius 2 is 0.879 bits per heavy atom. The molecule has 10 aromatic rings. The van der Waals surface area contributed by atoms with Crippen LogP contribution in [0.2, 0.25) is 0 Å². The minimum absolute atomic E-state index is 0.180. The van der Waals surface area contributed by atoms with Gasteiger partial charge in [0.2, 0.25) is 0 Å². The molecule has 0 N–H and O–H groups in total. The van der Waals surface area contributed by atoms with Gasteiger partial charge < -0.3 is 9.13 Å². The summed E-state index contributed by atoms with van der Waals surface area (Å²) in [6, 6.07) is 55.9. The fraction of sp³-hybridized carbons (Fsp3) is 0.111. The van der Waals surface area contributed by atoms with E-state index >= 15 is 0 Å². The summed E-state index contributed by atoms with van der Waals surface area (Å²) in [6.07, 6.45) is 3.69. The molecular weight excluding hydrogens is 705 g/mol. The fourth-order valence-electron chi connectivity index (χ4n) is 10.6. The quantitative estimate of drug-likeness (QED) is 0.181. The second kappa shape index (κ2) is 11.4. The molecule has 0 fully saturated rings. The zero-order valence-electron chi connectivity index (χ0n) is 32.8. The molecule has 3 aromatic heterocycles. The van der Waals surface area contributed by atoms with Gasteiger partial charge in [-0.15, -0.1) is 0 Å². The first kappa shape index (κ1) is 33.0. The third-order valence-electron chi connectivity index (χ3n) is 13.5. The van der Waals surface area contributed by atoms with Gasteiger partial charge in [-0.2, -0.15) is 5.26 Å². The Balaban J connectivity index is 1.21. The van der Waals surface area contributed by atoms with E-state index in [-0.39, 0.29) is 10.8 Å². The predicted octanol–water partition coefficient (Wildman–Crippen LogP) is 13.4. The predicted molar refractivity (Wildman–Crippen MR) is 238 cm³/mol. The number of hydrogen-bond acceptors (Lipinski definition) is 2. The third-order valence-corrected chi connectivity index (χ3v) is 13.5. The first-order valence-corrected chi connectivity index (χ1v) is 20.1. The van der Waals surface area contributed by atoms with Crippen LogP contribution in [0.25, 0.3) is 88.4 Å². The average molecular weight is 743 g/mol. The Hall–Kier alpha value is -7.22. The molecule has 0 radical (unpaired) electrons. The molecule has 274 valence electrons. The number of benzene rings is 7. The fourth-order valence-corrected chi connectivity index (χ4v) is 10.6. The second-order valence-electron chi connectivity index (χ2n) is 17.1. The maximum atomic E-state index is 11.6. The van der Waals surface area contributed by atoms with Crippen molar-refractivity contribution in [2.24, 2.45) is 0 Å². The van der Waals surface area contributed by atoms with Crippen LogP contribution >= 0.6 is 0 Å². The van der Waals surface area contributed by atoms with Crippen molar-refractivity contribution in [1.82, 2.24) is 14.1 Å². The van der Waals surface area contributed by atoms with Crippen molar-refractivity contribution in [1.29, 1.82) is 5.26 Å². The first-order chi connectivity index (χ1) is 28.3. The molecule has 0 atom stereocenters. The summed E-state index contributed by atoms with van der Waals surface area (Å²) in [7, 11) is 0. The van der Waals surface area contributed by atoms with Crippen LogP contribution in [-0.2, 0) is 10.8 Å². The number of nitriles is 1. The highest BCUT2D eigenvalue weighted by atomic mass is 15.0. The molecule has 7 aromatic carbocycles. The molecule has 0 amide bonds. The molecule has 0 spiro atoms. The van der Waals surface area contributed by atoms with Crippen LogP contribution in [0.3, 0.4) is 0 Å². The van der Waals surface area contributed by atoms with Crippen LogP contribution in [0.4, 0.5) is 0 Å². The molecule has 2 aliphatic rings. The summed E-state index contributed by atoms with van der Waals surface area (Å²) in [5.41, 5.74) is 18.8. The molecule has 3 heterocycles. The van der Waals surface area contributed by atoms with E-state index in [1.54, 1.807) is 0 Å². The van der Waals surface area contributed by atoms with Gasteiger partial charge in [0, 0.05) is 44.8 Å². The smallest absolute Gasteiger partial charge is 0.104 e. The Kier molecular flexibility index (Phi) is 6.50. The second-order valence-corrected chi connectivity index (χ2v) is 17.1. The van der Waals surface area contributed by atoms with E-state index in [4.69, 9.17) is 0 Å². The number of rotatable bonds is 3. The van der Waals surface area contributed by atoms with Gasteiger partial charge in [-0.3, -0.25) is 4.98 Å². The summed E-state index contributed by atoms with van der Waals surface area (Å²) in [5.74, 6) is 0. The SMILES string of the molecule is CC1(C)c2ccccc2-c2cc3c4ccccc4n(-c4cc(-c5ccncc5)cc(-n5c6ccccc6c6cc7c(cc65)C(C)(C)c5ccccc5-7)c4C#N)c3cc21. The first-order valence-electron chi connectivity index (χ1n) is 20.1. The maximum absolute atomic E-state index is 11.6. The van der Waals surface area contributed by atoms with E-state index < -0.39 is 0 Å². The van der Waals surface area contributed by atoms with Crippen molar-refractivity contribution in [3.05, 3.63) is 186 Å². The van der Waals surface area contributed by atoms with E-state index in [1.807, 2.05) is 12.4 Å². The minimum Gasteiger partial charge on any atom is -0.308 e. The number of para-hydroxylation sites is 2. The molecule has 0 saturated heterocycles. The Labute approximate surface area is 336 Å². The van der Waals surface area contributed by atoms with E-state index in [1.165, 1.54) is 55.3 Å². The maximum Gasteiger partial charge on any atom is 0.104 e. The van der Waals surface area contributed by atoms with Gasteiger partial charge in [0.1, 0.15) is 11.6 Å². The molecule has 4 heteroatoms. The Bertz CT molecular complexity index is 3260. The lowest BCUT2D eigenvalue weighted by atomic mass is 9.82. The standard InChI is InChI=1S/C54H38N4/c1-53(2)43-17-9-5-13-34(43)38-27-40-36-15-7-11-19-47(36)57(51(40)29-45(38)53)49-25-33(32-21-23-56-24-22-32)26-50(42(49)31-55)58-48-20-12-8-16-37(48)41-28-39-35-14-6-10-18-44(35)54(3,4)46(39)30-52(41)58/h5-30H,1-4H3. The van der Waals surface area contributed by atoms with Crippen molar-refractivity contribution < 1.29 is 0 Å². The third kappa shape index (κ3) is 4.20. The van der Waals surface area contributed by atoms with Crippen LogP contribution < -0.4 is 0 Å². The van der Waals surface area contributed by atoms with Crippen LogP contribution in [-0.4, -0.2) is 14.1 Å². The van der Waals surface area contributed by atoms with Gasteiger partial charge in [-0.05, 0) is 116 Å². The molecule has 0 aliphatic heterocycles. The molecule has 0 saturated carbocycles. The zero-order chi connectivity index (χ0) is 39.1. The van der Waals surface area contributed by atoms with Crippen molar-refractivity contribution in [3.8, 4) is 50.8 Å². The summed E-state index contributed by atoms with van der Waals surface area (Å²) in [4.78, 5) is 4.38. The van der Waals surface area contributed by atoms with E-state index in [9.17, 15) is 5.26 Å².